The molecule has 1 saturated carbocycles. The van der Waals surface area contributed by atoms with E-state index < -0.39 is 0 Å². The minimum Gasteiger partial charge on any atom is -0.379 e. The molecule has 0 bridgehead atoms. The van der Waals surface area contributed by atoms with Gasteiger partial charge in [0.25, 0.3) is 5.91 Å². The van der Waals surface area contributed by atoms with Gasteiger partial charge in [-0.3, -0.25) is 9.69 Å². The minimum atomic E-state index is -0.134. The number of morpholine rings is 1. The van der Waals surface area contributed by atoms with E-state index in [4.69, 9.17) is 4.74 Å². The largest absolute Gasteiger partial charge is 0.379 e. The number of hydrogen-bond acceptors (Lipinski definition) is 6. The third-order valence-electron chi connectivity index (χ3n) is 3.63. The van der Waals surface area contributed by atoms with Gasteiger partial charge >= 0.3 is 0 Å². The summed E-state index contributed by atoms with van der Waals surface area (Å²) in [5, 5.41) is 6.12. The molecule has 0 aromatic carbocycles. The number of aromatic nitrogens is 2. The number of hydrogen-bond donors (Lipinski definition) is 2. The molecule has 7 heteroatoms. The Morgan fingerprint density at radius 3 is 2.76 bits per heavy atom. The molecule has 1 aliphatic carbocycles. The Kier molecular flexibility index (Phi) is 4.62. The molecule has 2 aliphatic rings. The topological polar surface area (TPSA) is 79.4 Å². The average Bonchev–Trinajstić information content (AvgIpc) is 3.33. The number of nitrogens with one attached hydrogen (secondary N) is 2. The van der Waals surface area contributed by atoms with Crippen molar-refractivity contribution in [1.29, 1.82) is 0 Å². The quantitative estimate of drug-likeness (QED) is 0.774. The van der Waals surface area contributed by atoms with Crippen molar-refractivity contribution in [3.8, 4) is 0 Å². The van der Waals surface area contributed by atoms with Crippen molar-refractivity contribution in [2.45, 2.75) is 18.9 Å². The number of carbonyl (C=O) groups is 1. The Morgan fingerprint density at radius 1 is 1.29 bits per heavy atom. The molecule has 3 rings (SSSR count). The average molecular weight is 291 g/mol. The first-order chi connectivity index (χ1) is 10.3. The van der Waals surface area contributed by atoms with Gasteiger partial charge in [0.15, 0.2) is 0 Å². The van der Waals surface area contributed by atoms with Gasteiger partial charge in [0, 0.05) is 32.2 Å². The first kappa shape index (κ1) is 14.2. The molecule has 114 valence electrons. The fraction of sp³-hybridized carbons (Fsp3) is 0.643. The van der Waals surface area contributed by atoms with Crippen LogP contribution in [-0.4, -0.2) is 66.2 Å². The lowest BCUT2D eigenvalue weighted by Gasteiger charge is -2.26. The molecule has 1 saturated heterocycles. The molecule has 1 aliphatic heterocycles. The zero-order chi connectivity index (χ0) is 14.5. The van der Waals surface area contributed by atoms with E-state index in [0.717, 1.165) is 52.2 Å². The maximum absolute atomic E-state index is 11.8. The van der Waals surface area contributed by atoms with Crippen LogP contribution in [0.2, 0.25) is 0 Å². The van der Waals surface area contributed by atoms with E-state index in [1.807, 2.05) is 0 Å². The highest BCUT2D eigenvalue weighted by molar-refractivity contribution is 5.92. The molecule has 1 amide bonds. The van der Waals surface area contributed by atoms with E-state index in [1.54, 1.807) is 6.20 Å². The van der Waals surface area contributed by atoms with Gasteiger partial charge in [-0.25, -0.2) is 9.97 Å². The van der Waals surface area contributed by atoms with Crippen molar-refractivity contribution in [1.82, 2.24) is 20.2 Å². The van der Waals surface area contributed by atoms with Crippen LogP contribution in [0.4, 0.5) is 5.82 Å². The summed E-state index contributed by atoms with van der Waals surface area (Å²) in [6.07, 6.45) is 5.27. The molecule has 21 heavy (non-hydrogen) atoms. The highest BCUT2D eigenvalue weighted by atomic mass is 16.5. The molecule has 1 aromatic heterocycles. The second-order valence-electron chi connectivity index (χ2n) is 5.42. The van der Waals surface area contributed by atoms with Crippen molar-refractivity contribution in [3.05, 3.63) is 18.1 Å². The predicted octanol–water partition coefficient (Wildman–Crippen LogP) is 0.113. The molecule has 0 spiro atoms. The summed E-state index contributed by atoms with van der Waals surface area (Å²) < 4.78 is 5.31. The van der Waals surface area contributed by atoms with Crippen LogP contribution >= 0.6 is 0 Å². The summed E-state index contributed by atoms with van der Waals surface area (Å²) in [6.45, 7) is 5.34. The van der Waals surface area contributed by atoms with Crippen LogP contribution < -0.4 is 10.6 Å². The first-order valence-corrected chi connectivity index (χ1v) is 7.48. The number of carbonyl (C=O) groups excluding carboxylic acids is 1. The van der Waals surface area contributed by atoms with Crippen LogP contribution in [0.25, 0.3) is 0 Å². The molecule has 0 unspecified atom stereocenters. The fourth-order valence-electron chi connectivity index (χ4n) is 2.19. The van der Waals surface area contributed by atoms with Crippen LogP contribution in [0.3, 0.4) is 0 Å². The minimum absolute atomic E-state index is 0.134. The molecule has 2 N–H and O–H groups in total. The summed E-state index contributed by atoms with van der Waals surface area (Å²) in [5.41, 5.74) is 0.376. The van der Waals surface area contributed by atoms with E-state index >= 15 is 0 Å². The van der Waals surface area contributed by atoms with Crippen LogP contribution in [0, 0.1) is 0 Å². The van der Waals surface area contributed by atoms with Gasteiger partial charge in [0.05, 0.1) is 25.6 Å². The van der Waals surface area contributed by atoms with Crippen molar-refractivity contribution >= 4 is 11.7 Å². The van der Waals surface area contributed by atoms with Gasteiger partial charge in [-0.1, -0.05) is 0 Å². The lowest BCUT2D eigenvalue weighted by atomic mass is 10.4. The van der Waals surface area contributed by atoms with E-state index in [9.17, 15) is 4.79 Å². The Morgan fingerprint density at radius 2 is 2.10 bits per heavy atom. The second-order valence-corrected chi connectivity index (χ2v) is 5.42. The fourth-order valence-corrected chi connectivity index (χ4v) is 2.19. The maximum atomic E-state index is 11.8. The number of anilines is 1. The number of rotatable bonds is 6. The van der Waals surface area contributed by atoms with Crippen molar-refractivity contribution in [2.75, 3.05) is 44.7 Å². The predicted molar refractivity (Wildman–Crippen MR) is 78.3 cm³/mol. The normalized spacial score (nSPS) is 19.2. The zero-order valence-corrected chi connectivity index (χ0v) is 12.0. The molecule has 0 atom stereocenters. The Bertz CT molecular complexity index is 469. The van der Waals surface area contributed by atoms with E-state index in [1.165, 1.54) is 6.20 Å². The molecule has 1 aromatic rings. The molecule has 2 heterocycles. The van der Waals surface area contributed by atoms with Gasteiger partial charge in [0.1, 0.15) is 11.5 Å². The number of ether oxygens (including phenoxy) is 1. The maximum Gasteiger partial charge on any atom is 0.271 e. The summed E-state index contributed by atoms with van der Waals surface area (Å²) in [7, 11) is 0. The summed E-state index contributed by atoms with van der Waals surface area (Å²) in [5.74, 6) is 0.566. The lowest BCUT2D eigenvalue weighted by molar-refractivity contribution is 0.0398. The molecule has 7 nitrogen and oxygen atoms in total. The SMILES string of the molecule is O=C(NC1CC1)c1cnc(NCCN2CCOCC2)cn1. The summed E-state index contributed by atoms with van der Waals surface area (Å²) in [6, 6.07) is 0.339. The monoisotopic (exact) mass is 291 g/mol. The third kappa shape index (κ3) is 4.37. The first-order valence-electron chi connectivity index (χ1n) is 7.48. The molecule has 0 radical (unpaired) electrons. The van der Waals surface area contributed by atoms with Crippen LogP contribution in [0.15, 0.2) is 12.4 Å². The summed E-state index contributed by atoms with van der Waals surface area (Å²) >= 11 is 0. The number of nitrogens with zero attached hydrogens (tertiary/aromatic N) is 3. The van der Waals surface area contributed by atoms with Crippen LogP contribution in [0.5, 0.6) is 0 Å². The van der Waals surface area contributed by atoms with Crippen molar-refractivity contribution < 1.29 is 9.53 Å². The standard InChI is InChI=1S/C14H21N5O2/c20-14(18-11-1-2-11)12-9-17-13(10-16-12)15-3-4-19-5-7-21-8-6-19/h9-11H,1-8H2,(H,15,17)(H,18,20). The van der Waals surface area contributed by atoms with Crippen LogP contribution in [0.1, 0.15) is 23.3 Å². The molecule has 2 fully saturated rings. The smallest absolute Gasteiger partial charge is 0.271 e. The van der Waals surface area contributed by atoms with E-state index in [0.29, 0.717) is 17.6 Å². The summed E-state index contributed by atoms with van der Waals surface area (Å²) in [4.78, 5) is 22.5. The second kappa shape index (κ2) is 6.82. The van der Waals surface area contributed by atoms with Crippen molar-refractivity contribution in [2.24, 2.45) is 0 Å². The van der Waals surface area contributed by atoms with Gasteiger partial charge in [-0.2, -0.15) is 0 Å². The molecular formula is C14H21N5O2. The van der Waals surface area contributed by atoms with Gasteiger partial charge in [-0.05, 0) is 12.8 Å². The Labute approximate surface area is 124 Å². The van der Waals surface area contributed by atoms with Gasteiger partial charge in [-0.15, -0.1) is 0 Å². The van der Waals surface area contributed by atoms with Gasteiger partial charge < -0.3 is 15.4 Å². The third-order valence-corrected chi connectivity index (χ3v) is 3.63. The number of amides is 1. The van der Waals surface area contributed by atoms with Gasteiger partial charge in [0.2, 0.25) is 0 Å². The Hall–Kier alpha value is -1.73. The molecular weight excluding hydrogens is 270 g/mol. The highest BCUT2D eigenvalue weighted by Gasteiger charge is 2.24. The van der Waals surface area contributed by atoms with Crippen molar-refractivity contribution in [3.63, 3.8) is 0 Å². The lowest BCUT2D eigenvalue weighted by Crippen LogP contribution is -2.39. The Balaban J connectivity index is 1.42. The highest BCUT2D eigenvalue weighted by Crippen LogP contribution is 2.19. The zero-order valence-electron chi connectivity index (χ0n) is 12.0. The van der Waals surface area contributed by atoms with E-state index in [2.05, 4.69) is 25.5 Å². The van der Waals surface area contributed by atoms with E-state index in [-0.39, 0.29) is 5.91 Å². The van der Waals surface area contributed by atoms with Crippen LogP contribution in [-0.2, 0) is 4.74 Å².